The highest BCUT2D eigenvalue weighted by atomic mass is 16.3. The lowest BCUT2D eigenvalue weighted by atomic mass is 9.97. The van der Waals surface area contributed by atoms with Crippen molar-refractivity contribution in [3.8, 4) is 0 Å². The third kappa shape index (κ3) is 3.26. The molecule has 0 aromatic rings. The van der Waals surface area contributed by atoms with Crippen LogP contribution in [0.3, 0.4) is 0 Å². The Balaban J connectivity index is 1.63. The molecule has 0 bridgehead atoms. The summed E-state index contributed by atoms with van der Waals surface area (Å²) in [5.74, 6) is 0. The summed E-state index contributed by atoms with van der Waals surface area (Å²) in [6, 6.07) is 0.886. The normalized spacial score (nSPS) is 26.8. The molecule has 1 saturated carbocycles. The number of aliphatic hydroxyl groups is 1. The van der Waals surface area contributed by atoms with Crippen LogP contribution in [-0.4, -0.2) is 53.2 Å². The van der Waals surface area contributed by atoms with E-state index in [9.17, 15) is 5.11 Å². The van der Waals surface area contributed by atoms with Gasteiger partial charge in [0.05, 0.1) is 6.10 Å². The maximum absolute atomic E-state index is 10.0. The summed E-state index contributed by atoms with van der Waals surface area (Å²) in [6.45, 7) is 6.78. The van der Waals surface area contributed by atoms with Crippen LogP contribution >= 0.6 is 0 Å². The van der Waals surface area contributed by atoms with Crippen molar-refractivity contribution in [2.45, 2.75) is 51.2 Å². The predicted octanol–water partition coefficient (Wildman–Crippen LogP) is 2.35. The number of aliphatic hydroxyl groups excluding tert-OH is 1. The molecule has 3 aliphatic rings. The molecule has 0 aromatic heterocycles. The lowest BCUT2D eigenvalue weighted by Gasteiger charge is -2.29. The average molecular weight is 275 g/mol. The Kier molecular flexibility index (Phi) is 4.47. The Hall–Kier alpha value is -0.800. The van der Waals surface area contributed by atoms with Crippen LogP contribution in [0.25, 0.3) is 0 Å². The minimum absolute atomic E-state index is 0.298. The molecule has 1 unspecified atom stereocenters. The minimum atomic E-state index is -0.298. The maximum Gasteiger partial charge on any atom is 0.0785 e. The van der Waals surface area contributed by atoms with E-state index in [2.05, 4.69) is 28.4 Å². The molecule has 3 rings (SSSR count). The predicted molar refractivity (Wildman–Crippen MR) is 82.2 cm³/mol. The van der Waals surface area contributed by atoms with Gasteiger partial charge in [-0.2, -0.15) is 0 Å². The molecule has 1 saturated heterocycles. The average Bonchev–Trinajstić information content (AvgIpc) is 3.32. The van der Waals surface area contributed by atoms with Gasteiger partial charge < -0.3 is 10.0 Å². The van der Waals surface area contributed by atoms with Crippen LogP contribution in [-0.2, 0) is 0 Å². The van der Waals surface area contributed by atoms with Gasteiger partial charge >= 0.3 is 0 Å². The molecule has 1 heterocycles. The van der Waals surface area contributed by atoms with Gasteiger partial charge in [-0.1, -0.05) is 13.0 Å². The second kappa shape index (κ2) is 6.31. The molecule has 3 nitrogen and oxygen atoms in total. The molecule has 0 aromatic carbocycles. The van der Waals surface area contributed by atoms with Crippen LogP contribution in [0.1, 0.15) is 39.0 Å². The first-order valence-electron chi connectivity index (χ1n) is 8.20. The molecule has 1 atom stereocenters. The zero-order valence-corrected chi connectivity index (χ0v) is 12.6. The number of hydrogen-bond acceptors (Lipinski definition) is 3. The molecule has 1 aliphatic heterocycles. The number of rotatable bonds is 4. The van der Waals surface area contributed by atoms with Gasteiger partial charge in [-0.05, 0) is 43.8 Å². The molecule has 1 radical (unpaired) electrons. The van der Waals surface area contributed by atoms with E-state index >= 15 is 0 Å². The molecule has 2 fully saturated rings. The zero-order chi connectivity index (χ0) is 13.9. The van der Waals surface area contributed by atoms with Gasteiger partial charge in [0.1, 0.15) is 0 Å². The third-order valence-corrected chi connectivity index (χ3v) is 4.73. The van der Waals surface area contributed by atoms with Crippen LogP contribution in [0, 0.1) is 6.42 Å². The molecular formula is C17H27N2O. The van der Waals surface area contributed by atoms with E-state index in [4.69, 9.17) is 0 Å². The summed E-state index contributed by atoms with van der Waals surface area (Å²) < 4.78 is 0. The lowest BCUT2D eigenvalue weighted by molar-refractivity contribution is 0.209. The van der Waals surface area contributed by atoms with Crippen molar-refractivity contribution in [1.29, 1.82) is 0 Å². The SMILES string of the molecule is CCC(O)C1=CC[CH]C(N2CCCN(C3CC3)CC2)=C1. The fraction of sp³-hybridized carbons (Fsp3) is 0.706. The van der Waals surface area contributed by atoms with Crippen molar-refractivity contribution in [3.05, 3.63) is 29.8 Å². The van der Waals surface area contributed by atoms with Crippen LogP contribution in [0.4, 0.5) is 0 Å². The standard InChI is InChI=1S/C17H27N2O/c1-2-17(20)14-5-3-6-16(13-14)19-10-4-9-18(11-12-19)15-7-8-15/h5-6,13,15,17,20H,2-4,7-12H2,1H3. The molecular weight excluding hydrogens is 248 g/mol. The summed E-state index contributed by atoms with van der Waals surface area (Å²) in [5.41, 5.74) is 2.43. The Morgan fingerprint density at radius 2 is 2.10 bits per heavy atom. The lowest BCUT2D eigenvalue weighted by Crippen LogP contribution is -2.32. The highest BCUT2D eigenvalue weighted by molar-refractivity contribution is 5.35. The van der Waals surface area contributed by atoms with Crippen molar-refractivity contribution in [2.75, 3.05) is 26.2 Å². The molecule has 111 valence electrons. The van der Waals surface area contributed by atoms with Crippen LogP contribution in [0.2, 0.25) is 0 Å². The molecule has 20 heavy (non-hydrogen) atoms. The number of hydrogen-bond donors (Lipinski definition) is 1. The van der Waals surface area contributed by atoms with Crippen molar-refractivity contribution >= 4 is 0 Å². The number of nitrogens with zero attached hydrogens (tertiary/aromatic N) is 2. The van der Waals surface area contributed by atoms with Gasteiger partial charge in [0.15, 0.2) is 0 Å². The first-order chi connectivity index (χ1) is 9.78. The highest BCUT2D eigenvalue weighted by Gasteiger charge is 2.30. The van der Waals surface area contributed by atoms with Gasteiger partial charge in [0.25, 0.3) is 0 Å². The fourth-order valence-corrected chi connectivity index (χ4v) is 3.29. The Bertz CT molecular complexity index is 398. The Labute approximate surface area is 122 Å². The van der Waals surface area contributed by atoms with Crippen molar-refractivity contribution in [1.82, 2.24) is 9.80 Å². The summed E-state index contributed by atoms with van der Waals surface area (Å²) >= 11 is 0. The first kappa shape index (κ1) is 14.2. The fourth-order valence-electron chi connectivity index (χ4n) is 3.29. The van der Waals surface area contributed by atoms with Gasteiger partial charge in [-0.3, -0.25) is 4.90 Å². The van der Waals surface area contributed by atoms with Crippen LogP contribution in [0.15, 0.2) is 23.4 Å². The molecule has 0 amide bonds. The molecule has 3 heteroatoms. The van der Waals surface area contributed by atoms with Gasteiger partial charge in [0, 0.05) is 44.3 Å². The van der Waals surface area contributed by atoms with E-state index < -0.39 is 0 Å². The van der Waals surface area contributed by atoms with E-state index in [1.54, 1.807) is 0 Å². The molecule has 0 spiro atoms. The highest BCUT2D eigenvalue weighted by Crippen LogP contribution is 2.29. The van der Waals surface area contributed by atoms with Crippen LogP contribution in [0.5, 0.6) is 0 Å². The number of allylic oxidation sites excluding steroid dienone is 2. The third-order valence-electron chi connectivity index (χ3n) is 4.73. The monoisotopic (exact) mass is 275 g/mol. The smallest absolute Gasteiger partial charge is 0.0785 e. The van der Waals surface area contributed by atoms with E-state index in [1.807, 2.05) is 6.92 Å². The first-order valence-corrected chi connectivity index (χ1v) is 8.20. The summed E-state index contributed by atoms with van der Waals surface area (Å²) in [4.78, 5) is 5.18. The van der Waals surface area contributed by atoms with Crippen molar-refractivity contribution in [2.24, 2.45) is 0 Å². The second-order valence-electron chi connectivity index (χ2n) is 6.24. The topological polar surface area (TPSA) is 26.7 Å². The van der Waals surface area contributed by atoms with Gasteiger partial charge in [-0.25, -0.2) is 0 Å². The minimum Gasteiger partial charge on any atom is -0.388 e. The summed E-state index contributed by atoms with van der Waals surface area (Å²) in [7, 11) is 0. The largest absolute Gasteiger partial charge is 0.388 e. The summed E-state index contributed by atoms with van der Waals surface area (Å²) in [6.07, 6.45) is 12.2. The second-order valence-corrected chi connectivity index (χ2v) is 6.24. The van der Waals surface area contributed by atoms with Gasteiger partial charge in [0.2, 0.25) is 0 Å². The van der Waals surface area contributed by atoms with Gasteiger partial charge in [-0.15, -0.1) is 0 Å². The maximum atomic E-state index is 10.0. The Morgan fingerprint density at radius 3 is 2.85 bits per heavy atom. The van der Waals surface area contributed by atoms with E-state index in [0.717, 1.165) is 37.5 Å². The van der Waals surface area contributed by atoms with E-state index in [1.165, 1.54) is 38.0 Å². The van der Waals surface area contributed by atoms with Crippen molar-refractivity contribution in [3.63, 3.8) is 0 Å². The molecule has 2 aliphatic carbocycles. The quantitative estimate of drug-likeness (QED) is 0.853. The summed E-state index contributed by atoms with van der Waals surface area (Å²) in [5, 5.41) is 10.0. The Morgan fingerprint density at radius 1 is 1.25 bits per heavy atom. The zero-order valence-electron chi connectivity index (χ0n) is 12.6. The van der Waals surface area contributed by atoms with Crippen molar-refractivity contribution < 1.29 is 5.11 Å². The van der Waals surface area contributed by atoms with E-state index in [-0.39, 0.29) is 6.10 Å². The van der Waals surface area contributed by atoms with Crippen LogP contribution < -0.4 is 0 Å². The molecule has 1 N–H and O–H groups in total. The van der Waals surface area contributed by atoms with E-state index in [0.29, 0.717) is 0 Å².